The zero-order chi connectivity index (χ0) is 12.2. The van der Waals surface area contributed by atoms with Crippen molar-refractivity contribution in [2.75, 3.05) is 0 Å². The van der Waals surface area contributed by atoms with E-state index in [0.29, 0.717) is 12.8 Å². The van der Waals surface area contributed by atoms with Gasteiger partial charge in [-0.2, -0.15) is 5.10 Å². The first kappa shape index (κ1) is 12.7. The quantitative estimate of drug-likeness (QED) is 0.740. The van der Waals surface area contributed by atoms with Gasteiger partial charge in [0.2, 0.25) is 5.91 Å². The van der Waals surface area contributed by atoms with Crippen LogP contribution in [0.5, 0.6) is 0 Å². The summed E-state index contributed by atoms with van der Waals surface area (Å²) in [6, 6.07) is 1.95. The van der Waals surface area contributed by atoms with E-state index in [4.69, 9.17) is 11.5 Å². The van der Waals surface area contributed by atoms with Gasteiger partial charge in [-0.05, 0) is 32.3 Å². The van der Waals surface area contributed by atoms with Crippen molar-refractivity contribution in [3.05, 3.63) is 18.0 Å². The van der Waals surface area contributed by atoms with Crippen LogP contribution < -0.4 is 11.5 Å². The van der Waals surface area contributed by atoms with Crippen molar-refractivity contribution in [3.63, 3.8) is 0 Å². The monoisotopic (exact) mass is 224 g/mol. The molecule has 0 spiro atoms. The first-order chi connectivity index (χ1) is 7.48. The topological polar surface area (TPSA) is 86.9 Å². The zero-order valence-corrected chi connectivity index (χ0v) is 9.94. The molecule has 0 bridgehead atoms. The zero-order valence-electron chi connectivity index (χ0n) is 9.94. The molecule has 1 heterocycles. The summed E-state index contributed by atoms with van der Waals surface area (Å²) in [6.07, 6.45) is 3.89. The summed E-state index contributed by atoms with van der Waals surface area (Å²) >= 11 is 0. The number of amides is 1. The Hall–Kier alpha value is -1.36. The Balaban J connectivity index is 2.43. The highest BCUT2D eigenvalue weighted by Crippen LogP contribution is 2.14. The minimum atomic E-state index is -0.873. The third-order valence-electron chi connectivity index (χ3n) is 2.91. The van der Waals surface area contributed by atoms with Gasteiger partial charge in [-0.25, -0.2) is 0 Å². The number of carbonyl (C=O) groups is 1. The summed E-state index contributed by atoms with van der Waals surface area (Å²) in [7, 11) is 0. The van der Waals surface area contributed by atoms with Gasteiger partial charge in [0, 0.05) is 12.7 Å². The normalized spacial score (nSPS) is 14.7. The van der Waals surface area contributed by atoms with Gasteiger partial charge in [0.15, 0.2) is 0 Å². The van der Waals surface area contributed by atoms with Crippen molar-refractivity contribution in [1.29, 1.82) is 0 Å². The fourth-order valence-electron chi connectivity index (χ4n) is 1.62. The van der Waals surface area contributed by atoms with Crippen LogP contribution in [0.1, 0.15) is 31.9 Å². The molecule has 1 aromatic rings. The van der Waals surface area contributed by atoms with E-state index in [2.05, 4.69) is 5.10 Å². The molecule has 4 N–H and O–H groups in total. The Morgan fingerprint density at radius 2 is 2.31 bits per heavy atom. The Labute approximate surface area is 95.8 Å². The number of carbonyl (C=O) groups excluding carboxylic acids is 1. The molecule has 0 aliphatic rings. The fourth-order valence-corrected chi connectivity index (χ4v) is 1.62. The standard InChI is InChI=1S/C11H20N4O/c1-3-11(13,10(12)16)6-4-7-15-8-5-9(2)14-15/h5,8H,3-4,6-7,13H2,1-2H3,(H2,12,16). The maximum absolute atomic E-state index is 11.2. The number of aromatic nitrogens is 2. The van der Waals surface area contributed by atoms with Crippen molar-refractivity contribution >= 4 is 5.91 Å². The van der Waals surface area contributed by atoms with E-state index < -0.39 is 11.4 Å². The highest BCUT2D eigenvalue weighted by Gasteiger charge is 2.28. The maximum atomic E-state index is 11.2. The van der Waals surface area contributed by atoms with Gasteiger partial charge in [-0.3, -0.25) is 9.48 Å². The van der Waals surface area contributed by atoms with Gasteiger partial charge in [-0.1, -0.05) is 6.92 Å². The van der Waals surface area contributed by atoms with Crippen LogP contribution in [0.2, 0.25) is 0 Å². The Morgan fingerprint density at radius 3 is 2.75 bits per heavy atom. The molecular weight excluding hydrogens is 204 g/mol. The van der Waals surface area contributed by atoms with Crippen molar-refractivity contribution < 1.29 is 4.79 Å². The van der Waals surface area contributed by atoms with E-state index >= 15 is 0 Å². The number of primary amides is 1. The largest absolute Gasteiger partial charge is 0.368 e. The lowest BCUT2D eigenvalue weighted by Gasteiger charge is -2.23. The molecule has 1 aromatic heterocycles. The van der Waals surface area contributed by atoms with Crippen LogP contribution in [0.4, 0.5) is 0 Å². The van der Waals surface area contributed by atoms with Gasteiger partial charge >= 0.3 is 0 Å². The minimum absolute atomic E-state index is 0.424. The maximum Gasteiger partial charge on any atom is 0.237 e. The SMILES string of the molecule is CCC(N)(CCCn1ccc(C)n1)C(N)=O. The molecule has 0 aliphatic carbocycles. The average molecular weight is 224 g/mol. The molecule has 0 radical (unpaired) electrons. The van der Waals surface area contributed by atoms with Gasteiger partial charge in [0.05, 0.1) is 11.2 Å². The summed E-state index contributed by atoms with van der Waals surface area (Å²) in [5, 5.41) is 4.26. The summed E-state index contributed by atoms with van der Waals surface area (Å²) in [5.74, 6) is -0.424. The van der Waals surface area contributed by atoms with Gasteiger partial charge < -0.3 is 11.5 Å². The molecule has 0 saturated carbocycles. The van der Waals surface area contributed by atoms with Crippen LogP contribution in [0, 0.1) is 6.92 Å². The highest BCUT2D eigenvalue weighted by molar-refractivity contribution is 5.84. The smallest absolute Gasteiger partial charge is 0.237 e. The molecule has 5 nitrogen and oxygen atoms in total. The van der Waals surface area contributed by atoms with E-state index in [1.807, 2.05) is 30.8 Å². The van der Waals surface area contributed by atoms with E-state index in [1.165, 1.54) is 0 Å². The molecule has 1 unspecified atom stereocenters. The second-order valence-corrected chi connectivity index (χ2v) is 4.20. The molecular formula is C11H20N4O. The second-order valence-electron chi connectivity index (χ2n) is 4.20. The fraction of sp³-hybridized carbons (Fsp3) is 0.636. The molecule has 1 atom stereocenters. The van der Waals surface area contributed by atoms with Crippen LogP contribution in [-0.2, 0) is 11.3 Å². The van der Waals surface area contributed by atoms with Crippen molar-refractivity contribution in [2.24, 2.45) is 11.5 Å². The average Bonchev–Trinajstić information content (AvgIpc) is 2.63. The molecule has 16 heavy (non-hydrogen) atoms. The van der Waals surface area contributed by atoms with Crippen LogP contribution >= 0.6 is 0 Å². The van der Waals surface area contributed by atoms with E-state index in [9.17, 15) is 4.79 Å². The summed E-state index contributed by atoms with van der Waals surface area (Å²) in [5.41, 5.74) is 11.3. The van der Waals surface area contributed by atoms with Gasteiger partial charge in [-0.15, -0.1) is 0 Å². The molecule has 0 fully saturated rings. The molecule has 1 rings (SSSR count). The number of rotatable bonds is 6. The van der Waals surface area contributed by atoms with Crippen molar-refractivity contribution in [3.8, 4) is 0 Å². The highest BCUT2D eigenvalue weighted by atomic mass is 16.1. The molecule has 90 valence electrons. The summed E-state index contributed by atoms with van der Waals surface area (Å²) in [4.78, 5) is 11.2. The lowest BCUT2D eigenvalue weighted by molar-refractivity contribution is -0.123. The predicted molar refractivity (Wildman–Crippen MR) is 62.6 cm³/mol. The third kappa shape index (κ3) is 3.06. The summed E-state index contributed by atoms with van der Waals surface area (Å²) in [6.45, 7) is 4.59. The van der Waals surface area contributed by atoms with Gasteiger partial charge in [0.25, 0.3) is 0 Å². The van der Waals surface area contributed by atoms with E-state index in [1.54, 1.807) is 0 Å². The van der Waals surface area contributed by atoms with E-state index in [0.717, 1.165) is 18.7 Å². The first-order valence-electron chi connectivity index (χ1n) is 5.57. The number of nitrogens with zero attached hydrogens (tertiary/aromatic N) is 2. The Morgan fingerprint density at radius 1 is 1.62 bits per heavy atom. The predicted octanol–water partition coefficient (Wildman–Crippen LogP) is 0.565. The lowest BCUT2D eigenvalue weighted by atomic mass is 9.91. The molecule has 1 amide bonds. The second kappa shape index (κ2) is 5.12. The summed E-state index contributed by atoms with van der Waals surface area (Å²) < 4.78 is 1.85. The molecule has 0 aliphatic heterocycles. The van der Waals surface area contributed by atoms with Crippen molar-refractivity contribution in [1.82, 2.24) is 9.78 Å². The lowest BCUT2D eigenvalue weighted by Crippen LogP contribution is -2.51. The van der Waals surface area contributed by atoms with E-state index in [-0.39, 0.29) is 0 Å². The number of nitrogens with two attached hydrogens (primary N) is 2. The third-order valence-corrected chi connectivity index (χ3v) is 2.91. The number of hydrogen-bond acceptors (Lipinski definition) is 3. The minimum Gasteiger partial charge on any atom is -0.368 e. The Kier molecular flexibility index (Phi) is 4.06. The van der Waals surface area contributed by atoms with Crippen LogP contribution in [0.3, 0.4) is 0 Å². The van der Waals surface area contributed by atoms with Crippen LogP contribution in [0.15, 0.2) is 12.3 Å². The molecule has 0 aromatic carbocycles. The van der Waals surface area contributed by atoms with Gasteiger partial charge in [0.1, 0.15) is 0 Å². The van der Waals surface area contributed by atoms with Crippen LogP contribution in [0.25, 0.3) is 0 Å². The Bertz CT molecular complexity index is 361. The first-order valence-corrected chi connectivity index (χ1v) is 5.57. The van der Waals surface area contributed by atoms with Crippen LogP contribution in [-0.4, -0.2) is 21.2 Å². The molecule has 0 saturated heterocycles. The number of hydrogen-bond donors (Lipinski definition) is 2. The molecule has 5 heteroatoms. The van der Waals surface area contributed by atoms with Crippen molar-refractivity contribution in [2.45, 2.75) is 45.2 Å². The number of aryl methyl sites for hydroxylation is 2.